The molecule has 0 atom stereocenters. The monoisotopic (exact) mass is 321 g/mol. The van der Waals surface area contributed by atoms with Crippen molar-refractivity contribution in [3.05, 3.63) is 22.6 Å². The molecule has 5 heteroatoms. The van der Waals surface area contributed by atoms with Gasteiger partial charge in [-0.15, -0.1) is 11.3 Å². The fourth-order valence-corrected chi connectivity index (χ4v) is 4.04. The Hall–Kier alpha value is -1.62. The molecular weight excluding hydrogens is 298 g/mol. The van der Waals surface area contributed by atoms with Crippen molar-refractivity contribution < 1.29 is 14.3 Å². The number of nitrogens with zero attached hydrogens (tertiary/aromatic N) is 1. The molecule has 2 rings (SSSR count). The summed E-state index contributed by atoms with van der Waals surface area (Å²) in [5.74, 6) is -0.337. The van der Waals surface area contributed by atoms with Crippen molar-refractivity contribution in [2.24, 2.45) is 0 Å². The van der Waals surface area contributed by atoms with Gasteiger partial charge in [-0.2, -0.15) is 0 Å². The van der Waals surface area contributed by atoms with E-state index in [9.17, 15) is 9.59 Å². The molecule has 0 aliphatic heterocycles. The fraction of sp³-hybridized carbons (Fsp3) is 0.529. The zero-order valence-electron chi connectivity index (χ0n) is 13.7. The average Bonchev–Trinajstić information content (AvgIpc) is 2.73. The van der Waals surface area contributed by atoms with Gasteiger partial charge in [0.05, 0.1) is 0 Å². The second-order valence-corrected chi connectivity index (χ2v) is 7.55. The zero-order chi connectivity index (χ0) is 16.5. The van der Waals surface area contributed by atoms with Crippen molar-refractivity contribution in [1.29, 1.82) is 0 Å². The van der Waals surface area contributed by atoms with Crippen LogP contribution in [0.4, 0.5) is 9.80 Å². The number of hydrogen-bond donors (Lipinski definition) is 0. The molecule has 120 valence electrons. The second kappa shape index (κ2) is 6.24. The second-order valence-electron chi connectivity index (χ2n) is 6.47. The number of carbonyl (C=O) groups is 2. The van der Waals surface area contributed by atoms with Crippen LogP contribution in [0, 0.1) is 0 Å². The normalized spacial score (nSPS) is 14.2. The van der Waals surface area contributed by atoms with E-state index < -0.39 is 11.7 Å². The maximum Gasteiger partial charge on any atom is 0.422 e. The van der Waals surface area contributed by atoms with Crippen molar-refractivity contribution in [1.82, 2.24) is 0 Å². The van der Waals surface area contributed by atoms with E-state index in [2.05, 4.69) is 6.58 Å². The Balaban J connectivity index is 2.45. The Labute approximate surface area is 135 Å². The fourth-order valence-electron chi connectivity index (χ4n) is 2.61. The molecule has 0 saturated carbocycles. The highest BCUT2D eigenvalue weighted by Crippen LogP contribution is 2.41. The van der Waals surface area contributed by atoms with E-state index in [1.165, 1.54) is 28.7 Å². The van der Waals surface area contributed by atoms with Gasteiger partial charge in [0.25, 0.3) is 0 Å². The third-order valence-corrected chi connectivity index (χ3v) is 4.78. The lowest BCUT2D eigenvalue weighted by molar-refractivity contribution is -0.116. The first-order valence-corrected chi connectivity index (χ1v) is 8.37. The number of hydrogen-bond acceptors (Lipinski definition) is 4. The van der Waals surface area contributed by atoms with E-state index in [-0.39, 0.29) is 5.91 Å². The van der Waals surface area contributed by atoms with Crippen LogP contribution in [-0.2, 0) is 22.4 Å². The lowest BCUT2D eigenvalue weighted by atomic mass is 9.95. The predicted octanol–water partition coefficient (Wildman–Crippen LogP) is 4.56. The molecule has 1 heterocycles. The number of ether oxygens (including phenoxy) is 1. The lowest BCUT2D eigenvalue weighted by Crippen LogP contribution is -2.39. The van der Waals surface area contributed by atoms with Crippen LogP contribution in [0.2, 0.25) is 0 Å². The van der Waals surface area contributed by atoms with Gasteiger partial charge in [0.1, 0.15) is 10.6 Å². The molecular formula is C17H23NO3S. The highest BCUT2D eigenvalue weighted by Gasteiger charge is 2.31. The van der Waals surface area contributed by atoms with Crippen LogP contribution in [0.5, 0.6) is 0 Å². The molecule has 0 fully saturated rings. The molecule has 1 aromatic rings. The van der Waals surface area contributed by atoms with Crippen LogP contribution in [0.15, 0.2) is 6.58 Å². The molecule has 0 radical (unpaired) electrons. The summed E-state index contributed by atoms with van der Waals surface area (Å²) in [6.45, 7) is 10.6. The quantitative estimate of drug-likeness (QED) is 0.802. The molecule has 1 aliphatic rings. The van der Waals surface area contributed by atoms with Crippen molar-refractivity contribution >= 4 is 34.4 Å². The predicted molar refractivity (Wildman–Crippen MR) is 90.4 cm³/mol. The number of fused-ring (bicyclic) bond motifs is 1. The molecule has 0 bridgehead atoms. The van der Waals surface area contributed by atoms with E-state index in [4.69, 9.17) is 4.74 Å². The first-order valence-electron chi connectivity index (χ1n) is 7.55. The number of carbonyl (C=O) groups excluding carboxylic acids is 2. The molecule has 0 aromatic carbocycles. The third kappa shape index (κ3) is 3.40. The lowest BCUT2D eigenvalue weighted by Gasteiger charge is -2.25. The molecule has 4 nitrogen and oxygen atoms in total. The Kier molecular flexibility index (Phi) is 4.75. The molecule has 22 heavy (non-hydrogen) atoms. The van der Waals surface area contributed by atoms with Crippen LogP contribution >= 0.6 is 11.3 Å². The molecule has 1 aliphatic carbocycles. The van der Waals surface area contributed by atoms with Crippen LogP contribution in [0.1, 0.15) is 56.5 Å². The van der Waals surface area contributed by atoms with E-state index >= 15 is 0 Å². The maximum absolute atomic E-state index is 12.4. The van der Waals surface area contributed by atoms with Crippen LogP contribution in [-0.4, -0.2) is 17.6 Å². The number of imide groups is 1. The molecule has 1 aromatic heterocycles. The first-order chi connectivity index (χ1) is 10.2. The van der Waals surface area contributed by atoms with Gasteiger partial charge in [0.15, 0.2) is 0 Å². The summed E-state index contributed by atoms with van der Waals surface area (Å²) in [6.07, 6.45) is 5.39. The van der Waals surface area contributed by atoms with Gasteiger partial charge < -0.3 is 4.74 Å². The molecule has 0 N–H and O–H groups in total. The maximum atomic E-state index is 12.4. The Morgan fingerprint density at radius 3 is 2.45 bits per heavy atom. The number of rotatable bonds is 2. The number of amides is 2. The summed E-state index contributed by atoms with van der Waals surface area (Å²) < 4.78 is 5.39. The van der Waals surface area contributed by atoms with Crippen molar-refractivity contribution in [2.45, 2.75) is 59.0 Å². The van der Waals surface area contributed by atoms with Gasteiger partial charge in [-0.25, -0.2) is 9.69 Å². The SMILES string of the molecule is C=Cc1c(N(C(C)=O)C(=O)OC(C)(C)C)sc2c1CCCC2. The van der Waals surface area contributed by atoms with Gasteiger partial charge in [0, 0.05) is 17.4 Å². The standard InChI is InChI=1S/C17H23NO3S/c1-6-12-13-9-7-8-10-14(13)22-15(12)18(11(2)19)16(20)21-17(3,4)5/h6H,1,7-10H2,2-5H3. The van der Waals surface area contributed by atoms with E-state index in [0.717, 1.165) is 36.1 Å². The highest BCUT2D eigenvalue weighted by atomic mass is 32.1. The number of thiophene rings is 1. The average molecular weight is 321 g/mol. The Morgan fingerprint density at radius 2 is 1.91 bits per heavy atom. The van der Waals surface area contributed by atoms with Gasteiger partial charge in [-0.3, -0.25) is 4.79 Å². The first kappa shape index (κ1) is 16.7. The van der Waals surface area contributed by atoms with Gasteiger partial charge in [0.2, 0.25) is 5.91 Å². The zero-order valence-corrected chi connectivity index (χ0v) is 14.5. The molecule has 0 unspecified atom stereocenters. The summed E-state index contributed by atoms with van der Waals surface area (Å²) in [5, 5.41) is 0.642. The topological polar surface area (TPSA) is 46.6 Å². The van der Waals surface area contributed by atoms with Crippen molar-refractivity contribution in [2.75, 3.05) is 4.90 Å². The molecule has 0 spiro atoms. The van der Waals surface area contributed by atoms with Crippen LogP contribution in [0.25, 0.3) is 6.08 Å². The summed E-state index contributed by atoms with van der Waals surface area (Å²) in [5.41, 5.74) is 1.49. The van der Waals surface area contributed by atoms with E-state index in [0.29, 0.717) is 5.00 Å². The Bertz CT molecular complexity index is 610. The van der Waals surface area contributed by atoms with Gasteiger partial charge in [-0.1, -0.05) is 12.7 Å². The smallest absolute Gasteiger partial charge is 0.422 e. The molecule has 0 saturated heterocycles. The van der Waals surface area contributed by atoms with Crippen molar-refractivity contribution in [3.8, 4) is 0 Å². The Morgan fingerprint density at radius 1 is 1.27 bits per heavy atom. The summed E-state index contributed by atoms with van der Waals surface area (Å²) >= 11 is 1.51. The van der Waals surface area contributed by atoms with E-state index in [1.807, 2.05) is 0 Å². The van der Waals surface area contributed by atoms with Crippen molar-refractivity contribution in [3.63, 3.8) is 0 Å². The minimum atomic E-state index is -0.643. The van der Waals surface area contributed by atoms with Crippen LogP contribution in [0.3, 0.4) is 0 Å². The summed E-state index contributed by atoms with van der Waals surface area (Å²) in [4.78, 5) is 26.9. The summed E-state index contributed by atoms with van der Waals surface area (Å²) in [7, 11) is 0. The number of aryl methyl sites for hydroxylation is 1. The third-order valence-electron chi connectivity index (χ3n) is 3.49. The largest absolute Gasteiger partial charge is 0.443 e. The molecule has 2 amide bonds. The van der Waals surface area contributed by atoms with Gasteiger partial charge >= 0.3 is 6.09 Å². The van der Waals surface area contributed by atoms with Crippen LogP contribution < -0.4 is 4.90 Å². The summed E-state index contributed by atoms with van der Waals surface area (Å²) in [6, 6.07) is 0. The minimum absolute atomic E-state index is 0.337. The number of anilines is 1. The highest BCUT2D eigenvalue weighted by molar-refractivity contribution is 7.17. The minimum Gasteiger partial charge on any atom is -0.443 e. The van der Waals surface area contributed by atoms with Gasteiger partial charge in [-0.05, 0) is 52.0 Å². The van der Waals surface area contributed by atoms with E-state index in [1.54, 1.807) is 26.8 Å².